The van der Waals surface area contributed by atoms with Crippen LogP contribution in [0.15, 0.2) is 0 Å². The van der Waals surface area contributed by atoms with Gasteiger partial charge in [-0.05, 0) is 32.1 Å². The zero-order chi connectivity index (χ0) is 9.83. The number of nitrogens with one attached hydrogen (secondary N) is 1. The lowest BCUT2D eigenvalue weighted by atomic mass is 9.78. The Kier molecular flexibility index (Phi) is 4.25. The lowest BCUT2D eigenvalue weighted by Crippen LogP contribution is -2.49. The average molecular weight is 171 g/mol. The molecule has 0 unspecified atom stereocenters. The Bertz CT molecular complexity index is 97.0. The smallest absolute Gasteiger partial charge is 0.0125 e. The molecular weight excluding hydrogens is 146 g/mol. The molecule has 0 saturated carbocycles. The molecule has 1 nitrogen and oxygen atoms in total. The van der Waals surface area contributed by atoms with E-state index in [1.807, 2.05) is 13.8 Å². The Morgan fingerprint density at radius 3 is 1.67 bits per heavy atom. The van der Waals surface area contributed by atoms with E-state index in [4.69, 9.17) is 0 Å². The highest BCUT2D eigenvalue weighted by molar-refractivity contribution is 4.88. The molecule has 0 atom stereocenters. The van der Waals surface area contributed by atoms with Crippen LogP contribution in [0.5, 0.6) is 0 Å². The van der Waals surface area contributed by atoms with Crippen LogP contribution in [-0.2, 0) is 0 Å². The lowest BCUT2D eigenvalue weighted by molar-refractivity contribution is 0.175. The molecule has 1 saturated heterocycles. The van der Waals surface area contributed by atoms with Crippen molar-refractivity contribution in [1.82, 2.24) is 5.32 Å². The second kappa shape index (κ2) is 4.27. The van der Waals surface area contributed by atoms with Crippen LogP contribution >= 0.6 is 0 Å². The van der Waals surface area contributed by atoms with Crippen LogP contribution in [0.1, 0.15) is 54.4 Å². The molecule has 1 rings (SSSR count). The van der Waals surface area contributed by atoms with Gasteiger partial charge in [0.2, 0.25) is 0 Å². The summed E-state index contributed by atoms with van der Waals surface area (Å²) in [6, 6.07) is 0. The van der Waals surface area contributed by atoms with Crippen molar-refractivity contribution in [2.75, 3.05) is 6.54 Å². The molecule has 0 amide bonds. The predicted molar refractivity (Wildman–Crippen MR) is 56.4 cm³/mol. The average Bonchev–Trinajstić information content (AvgIpc) is 2.01. The third-order valence-corrected chi connectivity index (χ3v) is 2.47. The largest absolute Gasteiger partial charge is 0.311 e. The number of hydrogen-bond acceptors (Lipinski definition) is 1. The summed E-state index contributed by atoms with van der Waals surface area (Å²) in [5, 5.41) is 3.55. The minimum Gasteiger partial charge on any atom is -0.311 e. The van der Waals surface area contributed by atoms with Crippen molar-refractivity contribution in [3.63, 3.8) is 0 Å². The van der Waals surface area contributed by atoms with E-state index < -0.39 is 0 Å². The maximum atomic E-state index is 3.55. The molecule has 0 aromatic heterocycles. The van der Waals surface area contributed by atoms with E-state index in [0.29, 0.717) is 11.0 Å². The van der Waals surface area contributed by atoms with Crippen molar-refractivity contribution in [1.29, 1.82) is 0 Å². The Morgan fingerprint density at radius 1 is 0.917 bits per heavy atom. The standard InChI is InChI=1S/C9H19N.C2H6/c1-8(2)5-6-9(3,4)10-7-8;1-2/h10H,5-7H2,1-4H3;1-2H3. The molecule has 1 aliphatic heterocycles. The molecule has 1 heteroatoms. The minimum atomic E-state index is 0.384. The normalized spacial score (nSPS) is 25.5. The molecule has 0 aromatic carbocycles. The van der Waals surface area contributed by atoms with Gasteiger partial charge in [0.25, 0.3) is 0 Å². The van der Waals surface area contributed by atoms with Crippen LogP contribution in [0.25, 0.3) is 0 Å². The van der Waals surface area contributed by atoms with E-state index in [2.05, 4.69) is 33.0 Å². The van der Waals surface area contributed by atoms with E-state index in [-0.39, 0.29) is 0 Å². The molecule has 0 radical (unpaired) electrons. The van der Waals surface area contributed by atoms with Gasteiger partial charge >= 0.3 is 0 Å². The summed E-state index contributed by atoms with van der Waals surface area (Å²) in [4.78, 5) is 0. The fourth-order valence-electron chi connectivity index (χ4n) is 1.31. The monoisotopic (exact) mass is 171 g/mol. The van der Waals surface area contributed by atoms with Crippen LogP contribution in [0.3, 0.4) is 0 Å². The SMILES string of the molecule is CC.CC1(C)CCC(C)(C)NC1. The van der Waals surface area contributed by atoms with Gasteiger partial charge in [0.15, 0.2) is 0 Å². The molecule has 0 aromatic rings. The minimum absolute atomic E-state index is 0.384. The molecular formula is C11H25N. The highest BCUT2D eigenvalue weighted by Crippen LogP contribution is 2.30. The molecule has 0 aliphatic carbocycles. The lowest BCUT2D eigenvalue weighted by Gasteiger charge is -2.40. The van der Waals surface area contributed by atoms with Crippen molar-refractivity contribution in [3.05, 3.63) is 0 Å². The summed E-state index contributed by atoms with van der Waals surface area (Å²) >= 11 is 0. The summed E-state index contributed by atoms with van der Waals surface area (Å²) in [6.07, 6.45) is 2.66. The van der Waals surface area contributed by atoms with Crippen LogP contribution < -0.4 is 5.32 Å². The fraction of sp³-hybridized carbons (Fsp3) is 1.00. The first kappa shape index (κ1) is 12.0. The summed E-state index contributed by atoms with van der Waals surface area (Å²) in [5.41, 5.74) is 0.908. The Labute approximate surface area is 77.9 Å². The summed E-state index contributed by atoms with van der Waals surface area (Å²) in [5.74, 6) is 0. The first-order valence-corrected chi connectivity index (χ1v) is 5.16. The second-order valence-electron chi connectivity index (χ2n) is 4.90. The number of piperidine rings is 1. The second-order valence-corrected chi connectivity index (χ2v) is 4.90. The predicted octanol–water partition coefficient (Wildman–Crippen LogP) is 3.20. The Balaban J connectivity index is 0.000000561. The van der Waals surface area contributed by atoms with Crippen molar-refractivity contribution < 1.29 is 0 Å². The molecule has 74 valence electrons. The third-order valence-electron chi connectivity index (χ3n) is 2.47. The molecule has 1 heterocycles. The Morgan fingerprint density at radius 2 is 1.42 bits per heavy atom. The topological polar surface area (TPSA) is 12.0 Å². The highest BCUT2D eigenvalue weighted by Gasteiger charge is 2.30. The van der Waals surface area contributed by atoms with Crippen LogP contribution in [0.4, 0.5) is 0 Å². The zero-order valence-electron chi connectivity index (χ0n) is 9.62. The van der Waals surface area contributed by atoms with Crippen LogP contribution in [0.2, 0.25) is 0 Å². The fourth-order valence-corrected chi connectivity index (χ4v) is 1.31. The van der Waals surface area contributed by atoms with Gasteiger partial charge in [-0.2, -0.15) is 0 Å². The van der Waals surface area contributed by atoms with Gasteiger partial charge in [0.1, 0.15) is 0 Å². The van der Waals surface area contributed by atoms with E-state index in [1.54, 1.807) is 0 Å². The van der Waals surface area contributed by atoms with Gasteiger partial charge in [0.05, 0.1) is 0 Å². The zero-order valence-corrected chi connectivity index (χ0v) is 9.62. The van der Waals surface area contributed by atoms with E-state index >= 15 is 0 Å². The van der Waals surface area contributed by atoms with Crippen molar-refractivity contribution in [3.8, 4) is 0 Å². The summed E-state index contributed by atoms with van der Waals surface area (Å²) < 4.78 is 0. The third kappa shape index (κ3) is 4.10. The van der Waals surface area contributed by atoms with Gasteiger partial charge in [-0.1, -0.05) is 27.7 Å². The molecule has 12 heavy (non-hydrogen) atoms. The van der Waals surface area contributed by atoms with Crippen LogP contribution in [-0.4, -0.2) is 12.1 Å². The quantitative estimate of drug-likeness (QED) is 0.590. The maximum absolute atomic E-state index is 3.55. The molecule has 1 N–H and O–H groups in total. The van der Waals surface area contributed by atoms with Gasteiger partial charge in [-0.15, -0.1) is 0 Å². The van der Waals surface area contributed by atoms with Crippen LogP contribution in [0, 0.1) is 5.41 Å². The first-order valence-electron chi connectivity index (χ1n) is 5.16. The first-order chi connectivity index (χ1) is 5.41. The number of rotatable bonds is 0. The van der Waals surface area contributed by atoms with Gasteiger partial charge in [-0.25, -0.2) is 0 Å². The van der Waals surface area contributed by atoms with Crippen molar-refractivity contribution in [2.45, 2.75) is 59.9 Å². The van der Waals surface area contributed by atoms with E-state index in [1.165, 1.54) is 19.4 Å². The van der Waals surface area contributed by atoms with Gasteiger partial charge in [0, 0.05) is 12.1 Å². The van der Waals surface area contributed by atoms with Crippen molar-refractivity contribution >= 4 is 0 Å². The van der Waals surface area contributed by atoms with Crippen molar-refractivity contribution in [2.24, 2.45) is 5.41 Å². The van der Waals surface area contributed by atoms with E-state index in [9.17, 15) is 0 Å². The van der Waals surface area contributed by atoms with Gasteiger partial charge < -0.3 is 5.32 Å². The van der Waals surface area contributed by atoms with E-state index in [0.717, 1.165) is 0 Å². The highest BCUT2D eigenvalue weighted by atomic mass is 15.0. The molecule has 1 fully saturated rings. The summed E-state index contributed by atoms with van der Waals surface area (Å²) in [7, 11) is 0. The number of hydrogen-bond donors (Lipinski definition) is 1. The molecule has 1 aliphatic rings. The maximum Gasteiger partial charge on any atom is 0.0125 e. The molecule has 0 bridgehead atoms. The Hall–Kier alpha value is -0.0400. The summed E-state index contributed by atoms with van der Waals surface area (Å²) in [6.45, 7) is 14.4. The molecule has 0 spiro atoms. The van der Waals surface area contributed by atoms with Gasteiger partial charge in [-0.3, -0.25) is 0 Å².